The molecule has 0 saturated carbocycles. The highest BCUT2D eigenvalue weighted by molar-refractivity contribution is 9.10. The first kappa shape index (κ1) is 15.4. The maximum absolute atomic E-state index is 12.0. The van der Waals surface area contributed by atoms with Gasteiger partial charge in [-0.3, -0.25) is 4.79 Å². The molecule has 0 aliphatic rings. The van der Waals surface area contributed by atoms with E-state index in [0.29, 0.717) is 28.5 Å². The number of rotatable bonds is 6. The molecule has 0 unspecified atom stereocenters. The maximum Gasteiger partial charge on any atom is 0.260 e. The fourth-order valence-corrected chi connectivity index (χ4v) is 2.09. The number of hydrogen-bond donors (Lipinski definition) is 0. The monoisotopic (exact) mass is 353 g/mol. The topological polar surface area (TPSA) is 51.9 Å². The Labute approximate surface area is 131 Å². The average molecular weight is 354 g/mol. The Morgan fingerprint density at radius 3 is 2.57 bits per heavy atom. The van der Waals surface area contributed by atoms with Gasteiger partial charge in [0.15, 0.2) is 22.8 Å². The molecule has 21 heavy (non-hydrogen) atoms. The molecule has 0 bridgehead atoms. The molecular weight excluding hydrogens is 338 g/mol. The van der Waals surface area contributed by atoms with Gasteiger partial charge in [-0.15, -0.1) is 0 Å². The Morgan fingerprint density at radius 2 is 1.95 bits per heavy atom. The number of benzene rings is 1. The Morgan fingerprint density at radius 1 is 1.24 bits per heavy atom. The summed E-state index contributed by atoms with van der Waals surface area (Å²) in [4.78, 5) is 13.6. The smallest absolute Gasteiger partial charge is 0.260 e. The molecule has 0 fully saturated rings. The van der Waals surface area contributed by atoms with Crippen LogP contribution in [0.1, 0.15) is 5.76 Å². The number of ether oxygens (including phenoxy) is 2. The molecule has 0 N–H and O–H groups in total. The lowest BCUT2D eigenvalue weighted by atomic mass is 10.3. The van der Waals surface area contributed by atoms with Crippen molar-refractivity contribution in [3.63, 3.8) is 0 Å². The van der Waals surface area contributed by atoms with Crippen molar-refractivity contribution < 1.29 is 18.7 Å². The van der Waals surface area contributed by atoms with Crippen LogP contribution in [0.15, 0.2) is 45.5 Å². The first-order valence-electron chi connectivity index (χ1n) is 6.34. The predicted octanol–water partition coefficient (Wildman–Crippen LogP) is 3.09. The molecule has 0 spiro atoms. The lowest BCUT2D eigenvalue weighted by Gasteiger charge is -2.16. The summed E-state index contributed by atoms with van der Waals surface area (Å²) in [7, 11) is 3.26. The number of likely N-dealkylation sites (N-methyl/N-ethyl adjacent to an activating group) is 1. The summed E-state index contributed by atoms with van der Waals surface area (Å²) in [5, 5.41) is 0. The maximum atomic E-state index is 12.0. The normalized spacial score (nSPS) is 10.2. The van der Waals surface area contributed by atoms with Crippen LogP contribution in [-0.2, 0) is 11.3 Å². The molecule has 6 heteroatoms. The summed E-state index contributed by atoms with van der Waals surface area (Å²) in [6.45, 7) is 0.332. The number of halogens is 1. The van der Waals surface area contributed by atoms with Gasteiger partial charge in [-0.1, -0.05) is 12.1 Å². The average Bonchev–Trinajstić information content (AvgIpc) is 2.90. The molecule has 2 rings (SSSR count). The van der Waals surface area contributed by atoms with E-state index in [1.54, 1.807) is 37.3 Å². The number of nitrogens with zero attached hydrogens (tertiary/aromatic N) is 1. The zero-order valence-electron chi connectivity index (χ0n) is 11.8. The number of para-hydroxylation sites is 2. The molecule has 0 saturated heterocycles. The van der Waals surface area contributed by atoms with E-state index in [-0.39, 0.29) is 12.5 Å². The zero-order chi connectivity index (χ0) is 15.2. The van der Waals surface area contributed by atoms with Crippen molar-refractivity contribution in [2.75, 3.05) is 20.8 Å². The molecule has 2 aromatic rings. The van der Waals surface area contributed by atoms with Gasteiger partial charge in [0.2, 0.25) is 0 Å². The van der Waals surface area contributed by atoms with Gasteiger partial charge in [-0.25, -0.2) is 0 Å². The van der Waals surface area contributed by atoms with Gasteiger partial charge in [0.05, 0.1) is 13.7 Å². The minimum absolute atomic E-state index is 0.0568. The number of methoxy groups -OCH3 is 1. The van der Waals surface area contributed by atoms with Gasteiger partial charge in [0.25, 0.3) is 5.91 Å². The lowest BCUT2D eigenvalue weighted by molar-refractivity contribution is -0.132. The Balaban J connectivity index is 1.89. The third-order valence-corrected chi connectivity index (χ3v) is 3.29. The molecule has 1 aromatic carbocycles. The van der Waals surface area contributed by atoms with Crippen molar-refractivity contribution >= 4 is 21.8 Å². The van der Waals surface area contributed by atoms with E-state index >= 15 is 0 Å². The zero-order valence-corrected chi connectivity index (χ0v) is 13.4. The summed E-state index contributed by atoms with van der Waals surface area (Å²) in [5.41, 5.74) is 0. The summed E-state index contributed by atoms with van der Waals surface area (Å²) in [6.07, 6.45) is 0. The summed E-state index contributed by atoms with van der Waals surface area (Å²) in [5.74, 6) is 1.70. The number of furan rings is 1. The van der Waals surface area contributed by atoms with Crippen molar-refractivity contribution in [3.8, 4) is 11.5 Å². The van der Waals surface area contributed by atoms with E-state index in [4.69, 9.17) is 13.9 Å². The standard InChI is InChI=1S/C15H16BrNO4/c1-17(9-11-7-8-14(16)21-11)15(18)10-20-13-6-4-3-5-12(13)19-2/h3-8H,9-10H2,1-2H3. The molecule has 5 nitrogen and oxygen atoms in total. The number of amides is 1. The van der Waals surface area contributed by atoms with Crippen LogP contribution >= 0.6 is 15.9 Å². The fourth-order valence-electron chi connectivity index (χ4n) is 1.75. The Bertz CT molecular complexity index is 611. The van der Waals surface area contributed by atoms with Crippen molar-refractivity contribution in [3.05, 3.63) is 46.8 Å². The molecule has 0 radical (unpaired) electrons. The molecule has 0 aliphatic heterocycles. The summed E-state index contributed by atoms with van der Waals surface area (Å²) >= 11 is 3.23. The van der Waals surface area contributed by atoms with E-state index in [2.05, 4.69) is 15.9 Å². The van der Waals surface area contributed by atoms with Gasteiger partial charge in [-0.05, 0) is 40.2 Å². The van der Waals surface area contributed by atoms with Crippen LogP contribution < -0.4 is 9.47 Å². The molecule has 0 atom stereocenters. The number of carbonyl (C=O) groups is 1. The highest BCUT2D eigenvalue weighted by Gasteiger charge is 2.13. The van der Waals surface area contributed by atoms with Crippen LogP contribution in [0.2, 0.25) is 0 Å². The van der Waals surface area contributed by atoms with Crippen LogP contribution in [0.25, 0.3) is 0 Å². The summed E-state index contributed by atoms with van der Waals surface area (Å²) in [6, 6.07) is 10.8. The van der Waals surface area contributed by atoms with Gasteiger partial charge in [0, 0.05) is 7.05 Å². The fraction of sp³-hybridized carbons (Fsp3) is 0.267. The van der Waals surface area contributed by atoms with Crippen LogP contribution in [-0.4, -0.2) is 31.6 Å². The first-order chi connectivity index (χ1) is 10.1. The Kier molecular flexibility index (Phi) is 5.27. The molecule has 1 heterocycles. The van der Waals surface area contributed by atoms with Crippen molar-refractivity contribution in [2.45, 2.75) is 6.54 Å². The highest BCUT2D eigenvalue weighted by atomic mass is 79.9. The number of carbonyl (C=O) groups excluding carboxylic acids is 1. The minimum atomic E-state index is -0.145. The SMILES string of the molecule is COc1ccccc1OCC(=O)N(C)Cc1ccc(Br)o1. The van der Waals surface area contributed by atoms with E-state index < -0.39 is 0 Å². The molecule has 112 valence electrons. The van der Waals surface area contributed by atoms with Gasteiger partial charge in [0.1, 0.15) is 5.76 Å². The van der Waals surface area contributed by atoms with Gasteiger partial charge < -0.3 is 18.8 Å². The van der Waals surface area contributed by atoms with Crippen LogP contribution in [0.5, 0.6) is 11.5 Å². The molecule has 1 aromatic heterocycles. The first-order valence-corrected chi connectivity index (χ1v) is 7.13. The van der Waals surface area contributed by atoms with E-state index in [1.807, 2.05) is 18.2 Å². The van der Waals surface area contributed by atoms with Crippen LogP contribution in [0.4, 0.5) is 0 Å². The quantitative estimate of drug-likeness (QED) is 0.800. The molecular formula is C15H16BrNO4. The second kappa shape index (κ2) is 7.17. The van der Waals surface area contributed by atoms with Crippen molar-refractivity contribution in [1.82, 2.24) is 4.90 Å². The summed E-state index contributed by atoms with van der Waals surface area (Å²) < 4.78 is 16.7. The third kappa shape index (κ3) is 4.26. The van der Waals surface area contributed by atoms with E-state index in [9.17, 15) is 4.79 Å². The Hall–Kier alpha value is -1.95. The van der Waals surface area contributed by atoms with Crippen molar-refractivity contribution in [1.29, 1.82) is 0 Å². The minimum Gasteiger partial charge on any atom is -0.493 e. The molecule has 0 aliphatic carbocycles. The van der Waals surface area contributed by atoms with Crippen molar-refractivity contribution in [2.24, 2.45) is 0 Å². The third-order valence-electron chi connectivity index (χ3n) is 2.87. The molecule has 1 amide bonds. The highest BCUT2D eigenvalue weighted by Crippen LogP contribution is 2.25. The number of hydrogen-bond acceptors (Lipinski definition) is 4. The van der Waals surface area contributed by atoms with E-state index in [0.717, 1.165) is 0 Å². The second-order valence-corrected chi connectivity index (χ2v) is 5.18. The van der Waals surface area contributed by atoms with Crippen LogP contribution in [0.3, 0.4) is 0 Å². The predicted molar refractivity (Wildman–Crippen MR) is 81.4 cm³/mol. The largest absolute Gasteiger partial charge is 0.493 e. The van der Waals surface area contributed by atoms with Gasteiger partial charge >= 0.3 is 0 Å². The second-order valence-electron chi connectivity index (χ2n) is 4.40. The van der Waals surface area contributed by atoms with Gasteiger partial charge in [-0.2, -0.15) is 0 Å². The van der Waals surface area contributed by atoms with Crippen LogP contribution in [0, 0.1) is 0 Å². The lowest BCUT2D eigenvalue weighted by Crippen LogP contribution is -2.30. The van der Waals surface area contributed by atoms with E-state index in [1.165, 1.54) is 0 Å².